The molecule has 8 nitrogen and oxygen atoms in total. The van der Waals surface area contributed by atoms with E-state index in [4.69, 9.17) is 21.4 Å². The number of carbonyl (C=O) groups excluding carboxylic acids is 2. The highest BCUT2D eigenvalue weighted by molar-refractivity contribution is 6.31. The summed E-state index contributed by atoms with van der Waals surface area (Å²) >= 11 is 5.95. The molecule has 2 heterocycles. The van der Waals surface area contributed by atoms with Gasteiger partial charge in [0, 0.05) is 36.8 Å². The minimum Gasteiger partial charge on any atom is -0.361 e. The third-order valence-electron chi connectivity index (χ3n) is 4.98. The number of benzene rings is 1. The van der Waals surface area contributed by atoms with Crippen LogP contribution >= 0.6 is 11.6 Å². The molecule has 2 aromatic rings. The number of rotatable bonds is 5. The molecule has 9 heteroatoms. The number of nitriles is 1. The van der Waals surface area contributed by atoms with E-state index in [0.717, 1.165) is 11.3 Å². The Morgan fingerprint density at radius 1 is 1.28 bits per heavy atom. The van der Waals surface area contributed by atoms with E-state index in [9.17, 15) is 9.59 Å². The number of hydrogen-bond acceptors (Lipinski definition) is 6. The standard InChI is InChI=1S/C20H22ClN5O3/c1-13-17(14(2)29-24-13)10-20(28)26-7-5-25(6-8-26)12-19(27)23-18-9-16(21)4-3-15(18)11-22/h3-4,9H,5-8,10,12H2,1-2H3,(H,23,27). The number of aryl methyl sites for hydroxylation is 2. The molecule has 1 aromatic heterocycles. The first-order chi connectivity index (χ1) is 13.9. The lowest BCUT2D eigenvalue weighted by Crippen LogP contribution is -2.50. The van der Waals surface area contributed by atoms with Crippen LogP contribution in [0.1, 0.15) is 22.6 Å². The Morgan fingerprint density at radius 2 is 2.00 bits per heavy atom. The molecular formula is C20H22ClN5O3. The predicted octanol–water partition coefficient (Wildman–Crippen LogP) is 2.14. The van der Waals surface area contributed by atoms with Gasteiger partial charge in [0.15, 0.2) is 0 Å². The first kappa shape index (κ1) is 20.8. The molecule has 1 aliphatic heterocycles. The average molecular weight is 416 g/mol. The van der Waals surface area contributed by atoms with E-state index in [2.05, 4.69) is 10.5 Å². The van der Waals surface area contributed by atoms with Crippen molar-refractivity contribution in [3.05, 3.63) is 45.8 Å². The molecule has 0 radical (unpaired) electrons. The van der Waals surface area contributed by atoms with Crippen molar-refractivity contribution in [3.63, 3.8) is 0 Å². The van der Waals surface area contributed by atoms with E-state index in [1.165, 1.54) is 0 Å². The van der Waals surface area contributed by atoms with Crippen LogP contribution < -0.4 is 5.32 Å². The second-order valence-corrected chi connectivity index (χ2v) is 7.42. The normalized spacial score (nSPS) is 14.5. The molecule has 1 N–H and O–H groups in total. The maximum absolute atomic E-state index is 12.6. The van der Waals surface area contributed by atoms with Gasteiger partial charge < -0.3 is 14.7 Å². The summed E-state index contributed by atoms with van der Waals surface area (Å²) in [6.45, 7) is 6.11. The Balaban J connectivity index is 1.50. The molecule has 2 amide bonds. The molecule has 0 bridgehead atoms. The van der Waals surface area contributed by atoms with E-state index in [0.29, 0.717) is 48.2 Å². The van der Waals surface area contributed by atoms with Gasteiger partial charge in [0.05, 0.1) is 29.9 Å². The minimum atomic E-state index is -0.223. The maximum Gasteiger partial charge on any atom is 0.238 e. The van der Waals surface area contributed by atoms with Crippen LogP contribution in [-0.2, 0) is 16.0 Å². The third kappa shape index (κ3) is 5.13. The summed E-state index contributed by atoms with van der Waals surface area (Å²) in [5.41, 5.74) is 2.34. The summed E-state index contributed by atoms with van der Waals surface area (Å²) in [6.07, 6.45) is 0.271. The fraction of sp³-hybridized carbons (Fsp3) is 0.400. The van der Waals surface area contributed by atoms with Gasteiger partial charge in [-0.2, -0.15) is 5.26 Å². The van der Waals surface area contributed by atoms with Gasteiger partial charge in [0.25, 0.3) is 0 Å². The topological polar surface area (TPSA) is 102 Å². The largest absolute Gasteiger partial charge is 0.361 e. The molecule has 29 heavy (non-hydrogen) atoms. The lowest BCUT2D eigenvalue weighted by molar-refractivity contribution is -0.132. The van der Waals surface area contributed by atoms with Crippen LogP contribution in [0.2, 0.25) is 5.02 Å². The van der Waals surface area contributed by atoms with Gasteiger partial charge in [-0.3, -0.25) is 14.5 Å². The van der Waals surface area contributed by atoms with E-state index >= 15 is 0 Å². The summed E-state index contributed by atoms with van der Waals surface area (Å²) in [5.74, 6) is 0.476. The molecule has 1 aliphatic rings. The zero-order valence-electron chi connectivity index (χ0n) is 16.4. The van der Waals surface area contributed by atoms with Crippen LogP contribution in [0.5, 0.6) is 0 Å². The number of halogens is 1. The van der Waals surface area contributed by atoms with Gasteiger partial charge in [0.2, 0.25) is 11.8 Å². The van der Waals surface area contributed by atoms with E-state index in [1.54, 1.807) is 30.0 Å². The van der Waals surface area contributed by atoms with Crippen LogP contribution in [0.25, 0.3) is 0 Å². The molecule has 0 spiro atoms. The van der Waals surface area contributed by atoms with Crippen molar-refractivity contribution in [2.45, 2.75) is 20.3 Å². The summed E-state index contributed by atoms with van der Waals surface area (Å²) in [6, 6.07) is 6.77. The van der Waals surface area contributed by atoms with Crippen molar-refractivity contribution in [3.8, 4) is 6.07 Å². The maximum atomic E-state index is 12.6. The van der Waals surface area contributed by atoms with Crippen LogP contribution in [0.15, 0.2) is 22.7 Å². The van der Waals surface area contributed by atoms with Crippen LogP contribution in [0.3, 0.4) is 0 Å². The number of aromatic nitrogens is 1. The zero-order valence-corrected chi connectivity index (χ0v) is 17.1. The van der Waals surface area contributed by atoms with E-state index in [1.807, 2.05) is 17.9 Å². The van der Waals surface area contributed by atoms with Gasteiger partial charge in [-0.1, -0.05) is 16.8 Å². The Hall–Kier alpha value is -2.89. The van der Waals surface area contributed by atoms with E-state index < -0.39 is 0 Å². The summed E-state index contributed by atoms with van der Waals surface area (Å²) in [7, 11) is 0. The minimum absolute atomic E-state index is 0.0288. The van der Waals surface area contributed by atoms with Crippen molar-refractivity contribution < 1.29 is 14.1 Å². The molecule has 1 fully saturated rings. The lowest BCUT2D eigenvalue weighted by atomic mass is 10.1. The lowest BCUT2D eigenvalue weighted by Gasteiger charge is -2.34. The summed E-state index contributed by atoms with van der Waals surface area (Å²) in [4.78, 5) is 28.7. The molecule has 1 saturated heterocycles. The molecule has 0 unspecified atom stereocenters. The number of amides is 2. The molecule has 0 aliphatic carbocycles. The Kier molecular flexibility index (Phi) is 6.52. The first-order valence-electron chi connectivity index (χ1n) is 9.28. The van der Waals surface area contributed by atoms with Crippen molar-refractivity contribution in [1.82, 2.24) is 15.0 Å². The van der Waals surface area contributed by atoms with Crippen LogP contribution in [0, 0.1) is 25.2 Å². The zero-order chi connectivity index (χ0) is 21.0. The van der Waals surface area contributed by atoms with E-state index in [-0.39, 0.29) is 24.8 Å². The van der Waals surface area contributed by atoms with Crippen LogP contribution in [-0.4, -0.2) is 59.5 Å². The average Bonchev–Trinajstić information content (AvgIpc) is 3.00. The van der Waals surface area contributed by atoms with Gasteiger partial charge in [0.1, 0.15) is 11.8 Å². The SMILES string of the molecule is Cc1noc(C)c1CC(=O)N1CCN(CC(=O)Nc2cc(Cl)ccc2C#N)CC1. The predicted molar refractivity (Wildman–Crippen MR) is 107 cm³/mol. The Labute approximate surface area is 174 Å². The highest BCUT2D eigenvalue weighted by atomic mass is 35.5. The highest BCUT2D eigenvalue weighted by Gasteiger charge is 2.24. The van der Waals surface area contributed by atoms with Gasteiger partial charge in [-0.25, -0.2) is 0 Å². The molecule has 0 atom stereocenters. The van der Waals surface area contributed by atoms with Gasteiger partial charge in [-0.05, 0) is 32.0 Å². The monoisotopic (exact) mass is 415 g/mol. The molecule has 1 aromatic carbocycles. The molecular weight excluding hydrogens is 394 g/mol. The molecule has 152 valence electrons. The summed E-state index contributed by atoms with van der Waals surface area (Å²) in [5, 5.41) is 16.2. The smallest absolute Gasteiger partial charge is 0.238 e. The number of anilines is 1. The van der Waals surface area contributed by atoms with Crippen molar-refractivity contribution in [1.29, 1.82) is 5.26 Å². The second kappa shape index (κ2) is 9.07. The molecule has 0 saturated carbocycles. The number of nitrogens with one attached hydrogen (secondary N) is 1. The van der Waals surface area contributed by atoms with Crippen LogP contribution in [0.4, 0.5) is 5.69 Å². The Bertz CT molecular complexity index is 938. The fourth-order valence-electron chi connectivity index (χ4n) is 3.28. The number of piperazine rings is 1. The summed E-state index contributed by atoms with van der Waals surface area (Å²) < 4.78 is 5.12. The number of hydrogen-bond donors (Lipinski definition) is 1. The highest BCUT2D eigenvalue weighted by Crippen LogP contribution is 2.20. The number of carbonyl (C=O) groups is 2. The van der Waals surface area contributed by atoms with Crippen molar-refractivity contribution in [2.75, 3.05) is 38.0 Å². The van der Waals surface area contributed by atoms with Gasteiger partial charge in [-0.15, -0.1) is 0 Å². The van der Waals surface area contributed by atoms with Crippen molar-refractivity contribution in [2.24, 2.45) is 0 Å². The van der Waals surface area contributed by atoms with Gasteiger partial charge >= 0.3 is 0 Å². The Morgan fingerprint density at radius 3 is 2.62 bits per heavy atom. The fourth-order valence-corrected chi connectivity index (χ4v) is 3.45. The quantitative estimate of drug-likeness (QED) is 0.802. The van der Waals surface area contributed by atoms with Crippen molar-refractivity contribution >= 4 is 29.1 Å². The molecule has 3 rings (SSSR count). The second-order valence-electron chi connectivity index (χ2n) is 6.99. The number of nitrogens with zero attached hydrogens (tertiary/aromatic N) is 4. The third-order valence-corrected chi connectivity index (χ3v) is 5.21. The first-order valence-corrected chi connectivity index (χ1v) is 9.66.